The molecule has 0 fully saturated rings. The first kappa shape index (κ1) is 31.5. The summed E-state index contributed by atoms with van der Waals surface area (Å²) in [5.41, 5.74) is -1.10. The van der Waals surface area contributed by atoms with Gasteiger partial charge in [-0.25, -0.2) is 9.13 Å². The molecular formula is C35H30O8P2. The number of para-hydroxylation sites is 4. The number of rotatable bonds is 12. The van der Waals surface area contributed by atoms with Crippen molar-refractivity contribution in [1.82, 2.24) is 0 Å². The molecule has 5 aromatic rings. The summed E-state index contributed by atoms with van der Waals surface area (Å²) in [6, 6.07) is 34.3. The normalized spacial score (nSPS) is 11.4. The van der Waals surface area contributed by atoms with E-state index >= 15 is 0 Å². The van der Waals surface area contributed by atoms with Gasteiger partial charge in [-0.1, -0.05) is 78.9 Å². The molecule has 0 N–H and O–H groups in total. The van der Waals surface area contributed by atoms with Crippen LogP contribution in [0.3, 0.4) is 0 Å². The van der Waals surface area contributed by atoms with Crippen molar-refractivity contribution in [2.24, 2.45) is 0 Å². The SMILES string of the molecule is Cc1cc(C)c(C(=O)P(=O)(Oc2ccccc2)Oc2ccccc2)c(C)c1C(=O)P(=O)(Oc1ccccc1)Oc1ccccc1. The number of hydrogen-bond donors (Lipinski definition) is 0. The summed E-state index contributed by atoms with van der Waals surface area (Å²) in [5, 5.41) is 0. The predicted octanol–water partition coefficient (Wildman–Crippen LogP) is 9.59. The van der Waals surface area contributed by atoms with E-state index in [2.05, 4.69) is 0 Å². The van der Waals surface area contributed by atoms with Crippen molar-refractivity contribution in [1.29, 1.82) is 0 Å². The van der Waals surface area contributed by atoms with Crippen molar-refractivity contribution < 1.29 is 36.8 Å². The average molecular weight is 641 g/mol. The van der Waals surface area contributed by atoms with Gasteiger partial charge in [0.25, 0.3) is 11.0 Å². The Kier molecular flexibility index (Phi) is 9.38. The maximum Gasteiger partial charge on any atom is 0.503 e. The molecule has 0 aliphatic heterocycles. The molecule has 10 heteroatoms. The van der Waals surface area contributed by atoms with Gasteiger partial charge in [0.2, 0.25) is 0 Å². The summed E-state index contributed by atoms with van der Waals surface area (Å²) < 4.78 is 52.0. The van der Waals surface area contributed by atoms with Crippen LogP contribution in [0, 0.1) is 20.8 Å². The summed E-state index contributed by atoms with van der Waals surface area (Å²) in [5.74, 6) is 0.614. The van der Waals surface area contributed by atoms with Gasteiger partial charge in [0.1, 0.15) is 23.0 Å². The topological polar surface area (TPSA) is 105 Å². The van der Waals surface area contributed by atoms with Gasteiger partial charge in [0.15, 0.2) is 0 Å². The van der Waals surface area contributed by atoms with Gasteiger partial charge in [0.05, 0.1) is 0 Å². The largest absolute Gasteiger partial charge is 0.503 e. The minimum Gasteiger partial charge on any atom is -0.411 e. The first-order chi connectivity index (χ1) is 21.6. The van der Waals surface area contributed by atoms with Crippen LogP contribution in [0.25, 0.3) is 0 Å². The smallest absolute Gasteiger partial charge is 0.411 e. The molecule has 0 saturated heterocycles. The zero-order valence-electron chi connectivity index (χ0n) is 24.8. The average Bonchev–Trinajstić information content (AvgIpc) is 3.02. The molecule has 5 aromatic carbocycles. The minimum atomic E-state index is -4.63. The number of aryl methyl sites for hydroxylation is 2. The lowest BCUT2D eigenvalue weighted by atomic mass is 9.94. The highest BCUT2D eigenvalue weighted by molar-refractivity contribution is 7.73. The van der Waals surface area contributed by atoms with E-state index in [0.29, 0.717) is 11.1 Å². The Morgan fingerprint density at radius 2 is 0.689 bits per heavy atom. The van der Waals surface area contributed by atoms with Crippen molar-refractivity contribution in [2.75, 3.05) is 0 Å². The molecule has 0 aromatic heterocycles. The van der Waals surface area contributed by atoms with Crippen LogP contribution in [0.5, 0.6) is 23.0 Å². The van der Waals surface area contributed by atoms with Crippen LogP contribution in [0.2, 0.25) is 0 Å². The maximum atomic E-state index is 14.4. The van der Waals surface area contributed by atoms with E-state index in [1.807, 2.05) is 0 Å². The van der Waals surface area contributed by atoms with Crippen LogP contribution in [0.4, 0.5) is 0 Å². The highest BCUT2D eigenvalue weighted by Crippen LogP contribution is 2.55. The second-order valence-corrected chi connectivity index (χ2v) is 13.6. The molecule has 45 heavy (non-hydrogen) atoms. The van der Waals surface area contributed by atoms with Crippen molar-refractivity contribution in [2.45, 2.75) is 20.8 Å². The highest BCUT2D eigenvalue weighted by atomic mass is 31.2. The number of hydrogen-bond acceptors (Lipinski definition) is 8. The maximum absolute atomic E-state index is 14.4. The molecule has 0 heterocycles. The molecule has 0 atom stereocenters. The first-order valence-corrected chi connectivity index (χ1v) is 17.1. The molecule has 0 aliphatic rings. The van der Waals surface area contributed by atoms with Crippen LogP contribution in [0.1, 0.15) is 37.4 Å². The Morgan fingerprint density at radius 1 is 0.444 bits per heavy atom. The first-order valence-electron chi connectivity index (χ1n) is 14.0. The third kappa shape index (κ3) is 7.09. The molecule has 0 saturated carbocycles. The van der Waals surface area contributed by atoms with Gasteiger partial charge in [0, 0.05) is 11.1 Å². The summed E-state index contributed by atoms with van der Waals surface area (Å²) in [7, 11) is -9.25. The quantitative estimate of drug-likeness (QED) is 0.124. The Morgan fingerprint density at radius 3 is 0.933 bits per heavy atom. The zero-order valence-corrected chi connectivity index (χ0v) is 26.6. The van der Waals surface area contributed by atoms with E-state index in [0.717, 1.165) is 0 Å². The fourth-order valence-electron chi connectivity index (χ4n) is 4.80. The molecular weight excluding hydrogens is 610 g/mol. The molecule has 5 rings (SSSR count). The summed E-state index contributed by atoms with van der Waals surface area (Å²) in [6.07, 6.45) is 0. The molecule has 8 nitrogen and oxygen atoms in total. The monoisotopic (exact) mass is 640 g/mol. The molecule has 0 amide bonds. The van der Waals surface area contributed by atoms with Crippen molar-refractivity contribution >= 4 is 26.2 Å². The fraction of sp³-hybridized carbons (Fsp3) is 0.0857. The van der Waals surface area contributed by atoms with E-state index in [4.69, 9.17) is 18.1 Å². The molecule has 0 spiro atoms. The predicted molar refractivity (Wildman–Crippen MR) is 173 cm³/mol. The fourth-order valence-corrected chi connectivity index (χ4v) is 8.04. The number of carbonyl (C=O) groups excluding carboxylic acids is 2. The van der Waals surface area contributed by atoms with E-state index in [1.165, 1.54) is 6.92 Å². The minimum absolute atomic E-state index is 0.0647. The van der Waals surface area contributed by atoms with Gasteiger partial charge >= 0.3 is 15.2 Å². The Hall–Kier alpha value is -4.90. The second kappa shape index (κ2) is 13.4. The lowest BCUT2D eigenvalue weighted by molar-refractivity contribution is 0.104. The van der Waals surface area contributed by atoms with Gasteiger partial charge in [-0.3, -0.25) is 9.59 Å². The summed E-state index contributed by atoms with van der Waals surface area (Å²) in [6.45, 7) is 4.82. The third-order valence-electron chi connectivity index (χ3n) is 6.77. The van der Waals surface area contributed by atoms with Gasteiger partial charge in [-0.05, 0) is 86.0 Å². The van der Waals surface area contributed by atoms with Gasteiger partial charge in [-0.2, -0.15) is 0 Å². The van der Waals surface area contributed by atoms with E-state index in [1.54, 1.807) is 141 Å². The van der Waals surface area contributed by atoms with Crippen molar-refractivity contribution in [3.63, 3.8) is 0 Å². The molecule has 0 bridgehead atoms. The van der Waals surface area contributed by atoms with Crippen molar-refractivity contribution in [3.8, 4) is 23.0 Å². The second-order valence-electron chi connectivity index (χ2n) is 10.1. The number of carbonyl (C=O) groups is 2. The molecule has 228 valence electrons. The van der Waals surface area contributed by atoms with E-state index < -0.39 is 26.2 Å². The van der Waals surface area contributed by atoms with Crippen LogP contribution >= 0.6 is 15.2 Å². The van der Waals surface area contributed by atoms with Gasteiger partial charge in [-0.15, -0.1) is 0 Å². The lowest BCUT2D eigenvalue weighted by Crippen LogP contribution is -2.19. The molecule has 0 unspecified atom stereocenters. The third-order valence-corrected chi connectivity index (χ3v) is 10.0. The van der Waals surface area contributed by atoms with E-state index in [-0.39, 0.29) is 39.7 Å². The molecule has 0 aliphatic carbocycles. The van der Waals surface area contributed by atoms with Crippen LogP contribution < -0.4 is 18.1 Å². The van der Waals surface area contributed by atoms with E-state index in [9.17, 15) is 18.7 Å². The lowest BCUT2D eigenvalue weighted by Gasteiger charge is -2.23. The Bertz CT molecular complexity index is 1680. The van der Waals surface area contributed by atoms with Crippen LogP contribution in [-0.4, -0.2) is 11.0 Å². The summed E-state index contributed by atoms with van der Waals surface area (Å²) in [4.78, 5) is 28.6. The van der Waals surface area contributed by atoms with Gasteiger partial charge < -0.3 is 18.1 Å². The highest BCUT2D eigenvalue weighted by Gasteiger charge is 2.45. The zero-order chi connectivity index (χ0) is 32.0. The van der Waals surface area contributed by atoms with Crippen LogP contribution in [-0.2, 0) is 9.13 Å². The summed E-state index contributed by atoms with van der Waals surface area (Å²) >= 11 is 0. The Labute approximate surface area is 261 Å². The Balaban J connectivity index is 1.61. The van der Waals surface area contributed by atoms with Crippen LogP contribution in [0.15, 0.2) is 127 Å². The molecule has 0 radical (unpaired) electrons. The number of benzene rings is 5. The standard InChI is InChI=1S/C35H30O8P2/c1-25-24-26(2)33(35(37)45(39,42-30-20-12-6-13-21-30)43-31-22-14-7-15-23-31)27(3)32(25)34(36)44(38,40-28-16-8-4-9-17-28)41-29-18-10-5-11-19-29/h4-24H,1-3H3. The van der Waals surface area contributed by atoms with Crippen molar-refractivity contribution in [3.05, 3.63) is 155 Å².